The zero-order valence-corrected chi connectivity index (χ0v) is 11.9. The first-order chi connectivity index (χ1) is 9.90. The van der Waals surface area contributed by atoms with E-state index in [1.54, 1.807) is 24.1 Å². The zero-order chi connectivity index (χ0) is 15.6. The number of hydrogen-bond acceptors (Lipinski definition) is 6. The molecule has 0 aliphatic rings. The molecule has 1 amide bonds. The van der Waals surface area contributed by atoms with Crippen molar-refractivity contribution in [2.75, 3.05) is 23.0 Å². The van der Waals surface area contributed by atoms with Gasteiger partial charge in [0.15, 0.2) is 0 Å². The van der Waals surface area contributed by atoms with Crippen LogP contribution in [0.15, 0.2) is 22.8 Å². The lowest BCUT2D eigenvalue weighted by Crippen LogP contribution is -2.26. The molecule has 8 heteroatoms. The van der Waals surface area contributed by atoms with Crippen LogP contribution in [0.25, 0.3) is 0 Å². The summed E-state index contributed by atoms with van der Waals surface area (Å²) in [6, 6.07) is 4.57. The summed E-state index contributed by atoms with van der Waals surface area (Å²) in [6.07, 6.45) is 0. The number of nitrogens with two attached hydrogens (primary N) is 1. The largest absolute Gasteiger partial charge is 0.379 e. The Labute approximate surface area is 120 Å². The van der Waals surface area contributed by atoms with E-state index in [0.717, 1.165) is 0 Å². The van der Waals surface area contributed by atoms with E-state index >= 15 is 0 Å². The maximum atomic E-state index is 14.1. The van der Waals surface area contributed by atoms with Gasteiger partial charge in [0, 0.05) is 18.8 Å². The molecule has 0 aliphatic heterocycles. The zero-order valence-electron chi connectivity index (χ0n) is 11.9. The Bertz CT molecular complexity index is 656. The van der Waals surface area contributed by atoms with Gasteiger partial charge in [-0.1, -0.05) is 0 Å². The standard InChI is InChI=1S/C13H16FN5O2/c1-7(2)19(3)10-5-4-8(6-9(10)14)16-13(20)11-12(15)18-21-17-11/h4-7H,1-3H3,(H2,15,18)(H,16,20). The summed E-state index contributed by atoms with van der Waals surface area (Å²) in [4.78, 5) is 13.6. The third kappa shape index (κ3) is 3.10. The highest BCUT2D eigenvalue weighted by Crippen LogP contribution is 2.23. The molecule has 0 saturated heterocycles. The number of nitrogens with zero attached hydrogens (tertiary/aromatic N) is 3. The van der Waals surface area contributed by atoms with E-state index in [0.29, 0.717) is 11.4 Å². The third-order valence-electron chi connectivity index (χ3n) is 3.09. The fraction of sp³-hybridized carbons (Fsp3) is 0.308. The first-order valence-corrected chi connectivity index (χ1v) is 6.32. The van der Waals surface area contributed by atoms with Crippen LogP contribution < -0.4 is 16.0 Å². The Morgan fingerprint density at radius 3 is 2.67 bits per heavy atom. The second-order valence-electron chi connectivity index (χ2n) is 4.82. The van der Waals surface area contributed by atoms with E-state index in [1.807, 2.05) is 13.8 Å². The van der Waals surface area contributed by atoms with Gasteiger partial charge in [0.25, 0.3) is 5.91 Å². The minimum Gasteiger partial charge on any atom is -0.379 e. The van der Waals surface area contributed by atoms with Crippen LogP contribution in [0, 0.1) is 5.82 Å². The average Bonchev–Trinajstić information content (AvgIpc) is 2.84. The minimum atomic E-state index is -0.613. The Balaban J connectivity index is 2.18. The molecule has 1 aromatic heterocycles. The first kappa shape index (κ1) is 14.8. The van der Waals surface area contributed by atoms with Gasteiger partial charge in [-0.3, -0.25) is 4.79 Å². The summed E-state index contributed by atoms with van der Waals surface area (Å²) >= 11 is 0. The lowest BCUT2D eigenvalue weighted by molar-refractivity contribution is 0.101. The second kappa shape index (κ2) is 5.78. The van der Waals surface area contributed by atoms with Gasteiger partial charge in [-0.15, -0.1) is 0 Å². The molecule has 1 heterocycles. The van der Waals surface area contributed by atoms with Crippen molar-refractivity contribution < 1.29 is 13.8 Å². The highest BCUT2D eigenvalue weighted by atomic mass is 19.1. The number of halogens is 1. The van der Waals surface area contributed by atoms with Crippen molar-refractivity contribution >= 4 is 23.1 Å². The molecular formula is C13H16FN5O2. The lowest BCUT2D eigenvalue weighted by atomic mass is 10.2. The fourth-order valence-corrected chi connectivity index (χ4v) is 1.69. The van der Waals surface area contributed by atoms with E-state index in [4.69, 9.17) is 5.73 Å². The van der Waals surface area contributed by atoms with Crippen molar-refractivity contribution in [2.45, 2.75) is 19.9 Å². The van der Waals surface area contributed by atoms with Crippen LogP contribution in [0.4, 0.5) is 21.6 Å². The van der Waals surface area contributed by atoms with E-state index in [-0.39, 0.29) is 17.6 Å². The maximum Gasteiger partial charge on any atom is 0.281 e. The minimum absolute atomic E-state index is 0.121. The number of carbonyl (C=O) groups is 1. The van der Waals surface area contributed by atoms with Gasteiger partial charge < -0.3 is 16.0 Å². The van der Waals surface area contributed by atoms with Crippen molar-refractivity contribution in [3.63, 3.8) is 0 Å². The van der Waals surface area contributed by atoms with E-state index in [1.165, 1.54) is 6.07 Å². The van der Waals surface area contributed by atoms with Crippen molar-refractivity contribution in [1.29, 1.82) is 0 Å². The quantitative estimate of drug-likeness (QED) is 0.893. The predicted molar refractivity (Wildman–Crippen MR) is 76.6 cm³/mol. The highest BCUT2D eigenvalue weighted by Gasteiger charge is 2.17. The molecule has 0 atom stereocenters. The molecule has 0 radical (unpaired) electrons. The van der Waals surface area contributed by atoms with Crippen LogP contribution in [-0.4, -0.2) is 29.3 Å². The topological polar surface area (TPSA) is 97.3 Å². The number of amides is 1. The highest BCUT2D eigenvalue weighted by molar-refractivity contribution is 6.05. The molecule has 0 saturated carbocycles. The van der Waals surface area contributed by atoms with Crippen LogP contribution in [-0.2, 0) is 0 Å². The van der Waals surface area contributed by atoms with Gasteiger partial charge in [0.2, 0.25) is 11.5 Å². The lowest BCUT2D eigenvalue weighted by Gasteiger charge is -2.24. The summed E-state index contributed by atoms with van der Waals surface area (Å²) in [5.74, 6) is -1.17. The number of carbonyl (C=O) groups excluding carboxylic acids is 1. The van der Waals surface area contributed by atoms with Crippen molar-refractivity contribution in [2.24, 2.45) is 0 Å². The molecular weight excluding hydrogens is 277 g/mol. The van der Waals surface area contributed by atoms with Gasteiger partial charge in [-0.05, 0) is 42.4 Å². The third-order valence-corrected chi connectivity index (χ3v) is 3.09. The van der Waals surface area contributed by atoms with Gasteiger partial charge in [-0.25, -0.2) is 9.02 Å². The van der Waals surface area contributed by atoms with Crippen molar-refractivity contribution in [1.82, 2.24) is 10.3 Å². The van der Waals surface area contributed by atoms with Crippen LogP contribution in [0.5, 0.6) is 0 Å². The summed E-state index contributed by atoms with van der Waals surface area (Å²) in [5, 5.41) is 9.16. The van der Waals surface area contributed by atoms with Gasteiger partial charge in [-0.2, -0.15) is 0 Å². The van der Waals surface area contributed by atoms with Gasteiger partial charge in [0.05, 0.1) is 5.69 Å². The van der Waals surface area contributed by atoms with Crippen LogP contribution in [0.3, 0.4) is 0 Å². The predicted octanol–water partition coefficient (Wildman–Crippen LogP) is 1.89. The monoisotopic (exact) mass is 293 g/mol. The molecule has 0 fully saturated rings. The Kier molecular flexibility index (Phi) is 4.06. The first-order valence-electron chi connectivity index (χ1n) is 6.32. The molecule has 0 aliphatic carbocycles. The Hall–Kier alpha value is -2.64. The smallest absolute Gasteiger partial charge is 0.281 e. The normalized spacial score (nSPS) is 10.7. The second-order valence-corrected chi connectivity index (χ2v) is 4.82. The summed E-state index contributed by atoms with van der Waals surface area (Å²) < 4.78 is 18.4. The van der Waals surface area contributed by atoms with Gasteiger partial charge >= 0.3 is 0 Å². The molecule has 3 N–H and O–H groups in total. The van der Waals surface area contributed by atoms with Crippen LogP contribution >= 0.6 is 0 Å². The number of aromatic nitrogens is 2. The average molecular weight is 293 g/mol. The molecule has 21 heavy (non-hydrogen) atoms. The molecule has 1 aromatic carbocycles. The van der Waals surface area contributed by atoms with E-state index in [2.05, 4.69) is 20.3 Å². The summed E-state index contributed by atoms with van der Waals surface area (Å²) in [7, 11) is 1.79. The maximum absolute atomic E-state index is 14.1. The summed E-state index contributed by atoms with van der Waals surface area (Å²) in [5.41, 5.74) is 6.02. The number of nitrogen functional groups attached to an aromatic ring is 1. The number of rotatable bonds is 4. The SMILES string of the molecule is CC(C)N(C)c1ccc(NC(=O)c2nonc2N)cc1F. The Morgan fingerprint density at radius 2 is 2.14 bits per heavy atom. The van der Waals surface area contributed by atoms with E-state index in [9.17, 15) is 9.18 Å². The fourth-order valence-electron chi connectivity index (χ4n) is 1.69. The Morgan fingerprint density at radius 1 is 1.43 bits per heavy atom. The van der Waals surface area contributed by atoms with E-state index < -0.39 is 11.7 Å². The molecule has 112 valence electrons. The van der Waals surface area contributed by atoms with Crippen molar-refractivity contribution in [3.05, 3.63) is 29.7 Å². The molecule has 2 aromatic rings. The molecule has 2 rings (SSSR count). The molecule has 7 nitrogen and oxygen atoms in total. The van der Waals surface area contributed by atoms with Crippen LogP contribution in [0.2, 0.25) is 0 Å². The molecule has 0 bridgehead atoms. The number of benzene rings is 1. The molecule has 0 unspecified atom stereocenters. The van der Waals surface area contributed by atoms with Gasteiger partial charge in [0.1, 0.15) is 5.82 Å². The number of hydrogen-bond donors (Lipinski definition) is 2. The molecule has 0 spiro atoms. The number of nitrogens with one attached hydrogen (secondary N) is 1. The van der Waals surface area contributed by atoms with Crippen LogP contribution in [0.1, 0.15) is 24.3 Å². The summed E-state index contributed by atoms with van der Waals surface area (Å²) in [6.45, 7) is 3.91. The number of anilines is 3. The van der Waals surface area contributed by atoms with Crippen molar-refractivity contribution in [3.8, 4) is 0 Å².